The number of rotatable bonds is 4. The molecule has 21 heavy (non-hydrogen) atoms. The van der Waals surface area contributed by atoms with Crippen molar-refractivity contribution in [3.05, 3.63) is 21.3 Å². The van der Waals surface area contributed by atoms with Crippen molar-refractivity contribution >= 4 is 22.9 Å². The molecule has 1 unspecified atom stereocenters. The molecule has 2 fully saturated rings. The predicted octanol–water partition coefficient (Wildman–Crippen LogP) is 3.07. The van der Waals surface area contributed by atoms with Gasteiger partial charge in [-0.05, 0) is 63.4 Å². The number of thiophene rings is 1. The molecule has 0 amide bonds. The Morgan fingerprint density at radius 1 is 1.19 bits per heavy atom. The standard InChI is InChI=1S/C16H25ClN2OS/c17-16-4-3-15(21-16)11-18-7-1-2-14(10-18)19-8-5-13(12-20)6-9-19/h3-4,13-14,20H,1-2,5-12H2. The van der Waals surface area contributed by atoms with Crippen molar-refractivity contribution in [1.82, 2.24) is 9.80 Å². The van der Waals surface area contributed by atoms with Crippen molar-refractivity contribution in [2.24, 2.45) is 5.92 Å². The Bertz CT molecular complexity index is 445. The molecule has 1 aromatic heterocycles. The molecule has 3 heterocycles. The topological polar surface area (TPSA) is 26.7 Å². The Balaban J connectivity index is 1.51. The SMILES string of the molecule is OCC1CCN(C2CCCN(Cc3ccc(Cl)s3)C2)CC1. The monoisotopic (exact) mass is 328 g/mol. The van der Waals surface area contributed by atoms with Gasteiger partial charge < -0.3 is 5.11 Å². The van der Waals surface area contributed by atoms with Crippen LogP contribution in [0.25, 0.3) is 0 Å². The van der Waals surface area contributed by atoms with Crippen LogP contribution in [0.15, 0.2) is 12.1 Å². The van der Waals surface area contributed by atoms with E-state index in [1.165, 1.54) is 30.8 Å². The second-order valence-electron chi connectivity index (χ2n) is 6.40. The quantitative estimate of drug-likeness (QED) is 0.920. The molecule has 3 nitrogen and oxygen atoms in total. The fraction of sp³-hybridized carbons (Fsp3) is 0.750. The van der Waals surface area contributed by atoms with Crippen molar-refractivity contribution in [2.75, 3.05) is 32.8 Å². The Kier molecular flexibility index (Phi) is 5.57. The zero-order valence-electron chi connectivity index (χ0n) is 12.5. The van der Waals surface area contributed by atoms with Gasteiger partial charge in [0.1, 0.15) is 0 Å². The lowest BCUT2D eigenvalue weighted by Crippen LogP contribution is -2.50. The first-order chi connectivity index (χ1) is 10.2. The summed E-state index contributed by atoms with van der Waals surface area (Å²) in [6.45, 7) is 6.12. The Morgan fingerprint density at radius 2 is 2.00 bits per heavy atom. The van der Waals surface area contributed by atoms with Gasteiger partial charge in [-0.2, -0.15) is 0 Å². The predicted molar refractivity (Wildman–Crippen MR) is 89.0 cm³/mol. The summed E-state index contributed by atoms with van der Waals surface area (Å²) in [5, 5.41) is 9.26. The van der Waals surface area contributed by atoms with Crippen LogP contribution in [0.2, 0.25) is 4.34 Å². The molecule has 118 valence electrons. The van der Waals surface area contributed by atoms with Crippen LogP contribution in [0.1, 0.15) is 30.6 Å². The van der Waals surface area contributed by atoms with E-state index in [0.29, 0.717) is 18.6 Å². The van der Waals surface area contributed by atoms with Crippen LogP contribution in [0.5, 0.6) is 0 Å². The average molecular weight is 329 g/mol. The molecule has 5 heteroatoms. The van der Waals surface area contributed by atoms with Gasteiger partial charge in [0.15, 0.2) is 0 Å². The summed E-state index contributed by atoms with van der Waals surface area (Å²) >= 11 is 7.73. The van der Waals surface area contributed by atoms with Crippen molar-refractivity contribution in [2.45, 2.75) is 38.3 Å². The van der Waals surface area contributed by atoms with Gasteiger partial charge >= 0.3 is 0 Å². The lowest BCUT2D eigenvalue weighted by Gasteiger charge is -2.42. The van der Waals surface area contributed by atoms with Gasteiger partial charge in [0.2, 0.25) is 0 Å². The largest absolute Gasteiger partial charge is 0.396 e. The fourth-order valence-electron chi connectivity index (χ4n) is 3.63. The first-order valence-electron chi connectivity index (χ1n) is 8.06. The van der Waals surface area contributed by atoms with Crippen molar-refractivity contribution < 1.29 is 5.11 Å². The van der Waals surface area contributed by atoms with Crippen LogP contribution in [0.4, 0.5) is 0 Å². The number of piperidine rings is 2. The first kappa shape index (κ1) is 15.8. The average Bonchev–Trinajstić information content (AvgIpc) is 2.93. The summed E-state index contributed by atoms with van der Waals surface area (Å²) in [6.07, 6.45) is 4.94. The van der Waals surface area contributed by atoms with E-state index in [2.05, 4.69) is 15.9 Å². The second-order valence-corrected chi connectivity index (χ2v) is 8.20. The molecule has 0 aromatic carbocycles. The second kappa shape index (κ2) is 7.42. The van der Waals surface area contributed by atoms with E-state index in [0.717, 1.165) is 36.8 Å². The highest BCUT2D eigenvalue weighted by atomic mass is 35.5. The molecule has 2 saturated heterocycles. The number of halogens is 1. The zero-order valence-corrected chi connectivity index (χ0v) is 14.1. The van der Waals surface area contributed by atoms with Crippen LogP contribution in [-0.2, 0) is 6.54 Å². The third kappa shape index (κ3) is 4.20. The van der Waals surface area contributed by atoms with Gasteiger partial charge in [0, 0.05) is 30.6 Å². The third-order valence-electron chi connectivity index (χ3n) is 4.91. The molecule has 2 aliphatic heterocycles. The molecule has 1 N–H and O–H groups in total. The first-order valence-corrected chi connectivity index (χ1v) is 9.25. The van der Waals surface area contributed by atoms with Crippen LogP contribution in [0.3, 0.4) is 0 Å². The Labute approximate surface area is 136 Å². The number of hydrogen-bond donors (Lipinski definition) is 1. The van der Waals surface area contributed by atoms with E-state index < -0.39 is 0 Å². The highest BCUT2D eigenvalue weighted by molar-refractivity contribution is 7.16. The summed E-state index contributed by atoms with van der Waals surface area (Å²) in [6, 6.07) is 4.86. The van der Waals surface area contributed by atoms with Crippen molar-refractivity contribution in [1.29, 1.82) is 0 Å². The Hall–Kier alpha value is -0.130. The van der Waals surface area contributed by atoms with Gasteiger partial charge in [0.05, 0.1) is 4.34 Å². The number of nitrogens with zero attached hydrogens (tertiary/aromatic N) is 2. The highest BCUT2D eigenvalue weighted by Gasteiger charge is 2.28. The van der Waals surface area contributed by atoms with E-state index in [4.69, 9.17) is 11.6 Å². The zero-order chi connectivity index (χ0) is 14.7. The minimum absolute atomic E-state index is 0.365. The molecule has 0 saturated carbocycles. The summed E-state index contributed by atoms with van der Waals surface area (Å²) < 4.78 is 0.893. The number of aliphatic hydroxyl groups is 1. The van der Waals surface area contributed by atoms with Crippen molar-refractivity contribution in [3.63, 3.8) is 0 Å². The minimum atomic E-state index is 0.365. The van der Waals surface area contributed by atoms with Crippen LogP contribution in [0, 0.1) is 5.92 Å². The smallest absolute Gasteiger partial charge is 0.0931 e. The molecule has 0 bridgehead atoms. The van der Waals surface area contributed by atoms with Crippen LogP contribution < -0.4 is 0 Å². The molecule has 0 aliphatic carbocycles. The molecule has 1 atom stereocenters. The summed E-state index contributed by atoms with van der Waals surface area (Å²) in [4.78, 5) is 6.61. The van der Waals surface area contributed by atoms with Gasteiger partial charge in [-0.1, -0.05) is 11.6 Å². The number of aliphatic hydroxyl groups excluding tert-OH is 1. The molecule has 2 aliphatic rings. The molecule has 0 radical (unpaired) electrons. The molecular formula is C16H25ClN2OS. The molecule has 0 spiro atoms. The molecule has 1 aromatic rings. The Morgan fingerprint density at radius 3 is 2.67 bits per heavy atom. The van der Waals surface area contributed by atoms with E-state index in [-0.39, 0.29) is 0 Å². The van der Waals surface area contributed by atoms with E-state index in [1.54, 1.807) is 11.3 Å². The maximum absolute atomic E-state index is 9.26. The number of hydrogen-bond acceptors (Lipinski definition) is 4. The lowest BCUT2D eigenvalue weighted by molar-refractivity contribution is 0.0547. The van der Waals surface area contributed by atoms with Gasteiger partial charge in [-0.25, -0.2) is 0 Å². The van der Waals surface area contributed by atoms with Gasteiger partial charge in [-0.15, -0.1) is 11.3 Å². The fourth-order valence-corrected chi connectivity index (χ4v) is 4.76. The summed E-state index contributed by atoms with van der Waals surface area (Å²) in [5.74, 6) is 0.536. The summed E-state index contributed by atoms with van der Waals surface area (Å²) in [7, 11) is 0. The third-order valence-corrected chi connectivity index (χ3v) is 6.13. The van der Waals surface area contributed by atoms with E-state index >= 15 is 0 Å². The highest BCUT2D eigenvalue weighted by Crippen LogP contribution is 2.26. The summed E-state index contributed by atoms with van der Waals surface area (Å²) in [5.41, 5.74) is 0. The van der Waals surface area contributed by atoms with E-state index in [9.17, 15) is 5.11 Å². The van der Waals surface area contributed by atoms with Crippen LogP contribution >= 0.6 is 22.9 Å². The maximum atomic E-state index is 9.26. The molecule has 3 rings (SSSR count). The van der Waals surface area contributed by atoms with Crippen LogP contribution in [-0.4, -0.2) is 53.7 Å². The molecular weight excluding hydrogens is 304 g/mol. The van der Waals surface area contributed by atoms with Crippen molar-refractivity contribution in [3.8, 4) is 0 Å². The normalized spacial score (nSPS) is 26.3. The van der Waals surface area contributed by atoms with E-state index in [1.807, 2.05) is 6.07 Å². The van der Waals surface area contributed by atoms with Gasteiger partial charge in [0.25, 0.3) is 0 Å². The number of likely N-dealkylation sites (tertiary alicyclic amines) is 2. The maximum Gasteiger partial charge on any atom is 0.0931 e. The minimum Gasteiger partial charge on any atom is -0.396 e. The lowest BCUT2D eigenvalue weighted by atomic mass is 9.94. The van der Waals surface area contributed by atoms with Gasteiger partial charge in [-0.3, -0.25) is 9.80 Å².